The lowest BCUT2D eigenvalue weighted by Crippen LogP contribution is -2.05. The van der Waals surface area contributed by atoms with Crippen molar-refractivity contribution in [1.82, 2.24) is 0 Å². The molecule has 82 valence electrons. The van der Waals surface area contributed by atoms with Gasteiger partial charge in [-0.15, -0.1) is 0 Å². The Kier molecular flexibility index (Phi) is 3.16. The van der Waals surface area contributed by atoms with Crippen LogP contribution in [0.2, 0.25) is 0 Å². The van der Waals surface area contributed by atoms with Gasteiger partial charge >= 0.3 is 0 Å². The summed E-state index contributed by atoms with van der Waals surface area (Å²) in [6, 6.07) is 0. The lowest BCUT2D eigenvalue weighted by atomic mass is 9.92. The molecule has 14 heavy (non-hydrogen) atoms. The highest BCUT2D eigenvalue weighted by Gasteiger charge is 2.52. The van der Waals surface area contributed by atoms with Crippen LogP contribution in [0.1, 0.15) is 58.3 Å². The molecule has 1 spiro atoms. The second kappa shape index (κ2) is 4.22. The number of aliphatic hydroxyl groups is 1. The van der Waals surface area contributed by atoms with Crippen molar-refractivity contribution in [2.75, 3.05) is 6.61 Å². The van der Waals surface area contributed by atoms with E-state index < -0.39 is 0 Å². The smallest absolute Gasteiger partial charge is 0.0464 e. The molecule has 1 nitrogen and oxygen atoms in total. The molecular formula is C13H24O. The van der Waals surface area contributed by atoms with Crippen molar-refractivity contribution < 1.29 is 5.11 Å². The molecule has 1 heteroatoms. The van der Waals surface area contributed by atoms with Crippen LogP contribution in [0.4, 0.5) is 0 Å². The second-order valence-corrected chi connectivity index (χ2v) is 5.53. The van der Waals surface area contributed by atoms with Gasteiger partial charge in [-0.2, -0.15) is 0 Å². The molecule has 2 fully saturated rings. The van der Waals surface area contributed by atoms with Crippen LogP contribution in [0.25, 0.3) is 0 Å². The Hall–Kier alpha value is -0.0400. The fraction of sp³-hybridized carbons (Fsp3) is 1.00. The van der Waals surface area contributed by atoms with E-state index in [1.165, 1.54) is 51.4 Å². The maximum atomic E-state index is 9.18. The number of hydrogen-bond acceptors (Lipinski definition) is 1. The standard InChI is InChI=1S/C13H24O/c1-2-4-11-5-3-7-13(8-6-11)9-12(13)10-14/h11-12,14H,2-10H2,1H3. The van der Waals surface area contributed by atoms with Crippen molar-refractivity contribution in [3.63, 3.8) is 0 Å². The van der Waals surface area contributed by atoms with Gasteiger partial charge in [0.15, 0.2) is 0 Å². The second-order valence-electron chi connectivity index (χ2n) is 5.53. The summed E-state index contributed by atoms with van der Waals surface area (Å²) in [5.74, 6) is 1.67. The van der Waals surface area contributed by atoms with E-state index in [0.29, 0.717) is 17.9 Å². The first-order chi connectivity index (χ1) is 6.80. The third-order valence-corrected chi connectivity index (χ3v) is 4.61. The van der Waals surface area contributed by atoms with Crippen molar-refractivity contribution in [3.8, 4) is 0 Å². The van der Waals surface area contributed by atoms with Crippen LogP contribution in [0, 0.1) is 17.3 Å². The molecule has 2 rings (SSSR count). The molecule has 0 bridgehead atoms. The van der Waals surface area contributed by atoms with Crippen molar-refractivity contribution in [2.24, 2.45) is 17.3 Å². The van der Waals surface area contributed by atoms with Gasteiger partial charge in [0.1, 0.15) is 0 Å². The highest BCUT2D eigenvalue weighted by Crippen LogP contribution is 2.60. The first-order valence-corrected chi connectivity index (χ1v) is 6.41. The van der Waals surface area contributed by atoms with Crippen LogP contribution >= 0.6 is 0 Å². The minimum atomic E-state index is 0.443. The average molecular weight is 196 g/mol. The molecule has 3 atom stereocenters. The molecule has 0 heterocycles. The van der Waals surface area contributed by atoms with Crippen LogP contribution in [-0.4, -0.2) is 11.7 Å². The topological polar surface area (TPSA) is 20.2 Å². The van der Waals surface area contributed by atoms with Gasteiger partial charge < -0.3 is 5.11 Å². The predicted octanol–water partition coefficient (Wildman–Crippen LogP) is 3.37. The Labute approximate surface area is 87.9 Å². The number of rotatable bonds is 3. The summed E-state index contributed by atoms with van der Waals surface area (Å²) < 4.78 is 0. The summed E-state index contributed by atoms with van der Waals surface area (Å²) in [5.41, 5.74) is 0.608. The van der Waals surface area contributed by atoms with Crippen LogP contribution in [0.5, 0.6) is 0 Å². The van der Waals surface area contributed by atoms with Crippen LogP contribution in [-0.2, 0) is 0 Å². The minimum Gasteiger partial charge on any atom is -0.396 e. The van der Waals surface area contributed by atoms with E-state index in [0.717, 1.165) is 5.92 Å². The van der Waals surface area contributed by atoms with Crippen LogP contribution in [0.3, 0.4) is 0 Å². The molecule has 0 aromatic carbocycles. The van der Waals surface area contributed by atoms with Gasteiger partial charge in [-0.1, -0.05) is 32.6 Å². The quantitative estimate of drug-likeness (QED) is 0.734. The zero-order valence-electron chi connectivity index (χ0n) is 9.47. The largest absolute Gasteiger partial charge is 0.396 e. The molecule has 2 aliphatic carbocycles. The number of hydrogen-bond donors (Lipinski definition) is 1. The highest BCUT2D eigenvalue weighted by atomic mass is 16.3. The summed E-state index contributed by atoms with van der Waals surface area (Å²) >= 11 is 0. The normalized spacial score (nSPS) is 42.4. The van der Waals surface area contributed by atoms with E-state index in [9.17, 15) is 5.11 Å². The van der Waals surface area contributed by atoms with E-state index >= 15 is 0 Å². The summed E-state index contributed by atoms with van der Waals surface area (Å²) in [5, 5.41) is 9.18. The van der Waals surface area contributed by atoms with Gasteiger partial charge in [-0.25, -0.2) is 0 Å². The van der Waals surface area contributed by atoms with E-state index in [2.05, 4.69) is 6.92 Å². The van der Waals surface area contributed by atoms with E-state index in [-0.39, 0.29) is 0 Å². The molecule has 0 amide bonds. The van der Waals surface area contributed by atoms with Gasteiger partial charge in [0.05, 0.1) is 0 Å². The van der Waals surface area contributed by atoms with Crippen LogP contribution in [0.15, 0.2) is 0 Å². The van der Waals surface area contributed by atoms with Gasteiger partial charge in [0, 0.05) is 6.61 Å². The third kappa shape index (κ3) is 1.98. The summed E-state index contributed by atoms with van der Waals surface area (Å²) in [6.45, 7) is 2.74. The lowest BCUT2D eigenvalue weighted by molar-refractivity contribution is 0.238. The first kappa shape index (κ1) is 10.5. The maximum Gasteiger partial charge on any atom is 0.0464 e. The average Bonchev–Trinajstić information content (AvgIpc) is 2.92. The fourth-order valence-corrected chi connectivity index (χ4v) is 3.50. The Bertz CT molecular complexity index is 190. The van der Waals surface area contributed by atoms with Crippen molar-refractivity contribution >= 4 is 0 Å². The molecule has 2 aliphatic rings. The van der Waals surface area contributed by atoms with E-state index in [1.807, 2.05) is 0 Å². The minimum absolute atomic E-state index is 0.443. The molecule has 0 aromatic rings. The van der Waals surface area contributed by atoms with E-state index in [1.54, 1.807) is 0 Å². The van der Waals surface area contributed by atoms with Gasteiger partial charge in [0.25, 0.3) is 0 Å². The van der Waals surface area contributed by atoms with Crippen molar-refractivity contribution in [1.29, 1.82) is 0 Å². The molecule has 0 radical (unpaired) electrons. The van der Waals surface area contributed by atoms with Gasteiger partial charge in [-0.05, 0) is 42.9 Å². The Morgan fingerprint density at radius 3 is 2.79 bits per heavy atom. The molecule has 3 unspecified atom stereocenters. The number of aliphatic hydroxyl groups excluding tert-OH is 1. The van der Waals surface area contributed by atoms with Crippen molar-refractivity contribution in [3.05, 3.63) is 0 Å². The molecular weight excluding hydrogens is 172 g/mol. The SMILES string of the molecule is CCCC1CCCC2(CC1)CC2CO. The summed E-state index contributed by atoms with van der Waals surface area (Å²) in [6.07, 6.45) is 11.2. The molecule has 0 aromatic heterocycles. The predicted molar refractivity (Wildman–Crippen MR) is 59.1 cm³/mol. The summed E-state index contributed by atoms with van der Waals surface area (Å²) in [4.78, 5) is 0. The molecule has 2 saturated carbocycles. The van der Waals surface area contributed by atoms with Crippen LogP contribution < -0.4 is 0 Å². The zero-order chi connectivity index (χ0) is 10.0. The summed E-state index contributed by atoms with van der Waals surface area (Å²) in [7, 11) is 0. The molecule has 0 saturated heterocycles. The Morgan fingerprint density at radius 2 is 2.14 bits per heavy atom. The van der Waals surface area contributed by atoms with Gasteiger partial charge in [-0.3, -0.25) is 0 Å². The first-order valence-electron chi connectivity index (χ1n) is 6.41. The van der Waals surface area contributed by atoms with Gasteiger partial charge in [0.2, 0.25) is 0 Å². The Balaban J connectivity index is 1.84. The van der Waals surface area contributed by atoms with E-state index in [4.69, 9.17) is 0 Å². The maximum absolute atomic E-state index is 9.18. The zero-order valence-corrected chi connectivity index (χ0v) is 9.47. The fourth-order valence-electron chi connectivity index (χ4n) is 3.50. The molecule has 1 N–H and O–H groups in total. The van der Waals surface area contributed by atoms with Crippen molar-refractivity contribution in [2.45, 2.75) is 58.3 Å². The third-order valence-electron chi connectivity index (χ3n) is 4.61. The highest BCUT2D eigenvalue weighted by molar-refractivity contribution is 5.02. The molecule has 0 aliphatic heterocycles. The Morgan fingerprint density at radius 1 is 1.29 bits per heavy atom. The monoisotopic (exact) mass is 196 g/mol. The lowest BCUT2D eigenvalue weighted by Gasteiger charge is -2.14.